The summed E-state index contributed by atoms with van der Waals surface area (Å²) >= 11 is 0. The number of carbonyl (C=O) groups excluding carboxylic acids is 1. The zero-order chi connectivity index (χ0) is 14.6. The third kappa shape index (κ3) is 3.95. The van der Waals surface area contributed by atoms with Gasteiger partial charge in [0.15, 0.2) is 5.78 Å². The molecule has 8 nitrogen and oxygen atoms in total. The molecule has 0 heterocycles. The van der Waals surface area contributed by atoms with Gasteiger partial charge in [-0.1, -0.05) is 0 Å². The molecule has 0 saturated carbocycles. The van der Waals surface area contributed by atoms with Crippen molar-refractivity contribution in [2.75, 3.05) is 6.54 Å². The van der Waals surface area contributed by atoms with Gasteiger partial charge < -0.3 is 0 Å². The van der Waals surface area contributed by atoms with Gasteiger partial charge in [0.2, 0.25) is 0 Å². The number of benzene rings is 1. The molecule has 0 aliphatic carbocycles. The van der Waals surface area contributed by atoms with Crippen molar-refractivity contribution >= 4 is 22.9 Å². The van der Waals surface area contributed by atoms with Crippen LogP contribution in [0, 0.1) is 20.2 Å². The zero-order valence-corrected chi connectivity index (χ0v) is 10.3. The van der Waals surface area contributed by atoms with Crippen molar-refractivity contribution in [1.82, 2.24) is 0 Å². The Morgan fingerprint density at radius 1 is 1.11 bits per heavy atom. The third-order valence-corrected chi connectivity index (χ3v) is 2.19. The monoisotopic (exact) mass is 265 g/mol. The molecule has 0 fully saturated rings. The molecule has 0 N–H and O–H groups in total. The van der Waals surface area contributed by atoms with Gasteiger partial charge in [-0.15, -0.1) is 0 Å². The van der Waals surface area contributed by atoms with Crippen LogP contribution in [0.25, 0.3) is 0 Å². The van der Waals surface area contributed by atoms with E-state index in [0.717, 1.165) is 18.2 Å². The molecule has 0 bridgehead atoms. The summed E-state index contributed by atoms with van der Waals surface area (Å²) in [4.78, 5) is 35.4. The predicted octanol–water partition coefficient (Wildman–Crippen LogP) is 2.17. The second kappa shape index (κ2) is 5.80. The van der Waals surface area contributed by atoms with Gasteiger partial charge in [0.05, 0.1) is 15.9 Å². The summed E-state index contributed by atoms with van der Waals surface area (Å²) in [5.74, 6) is -0.506. The van der Waals surface area contributed by atoms with Gasteiger partial charge in [-0.2, -0.15) is 0 Å². The van der Waals surface area contributed by atoms with Crippen LogP contribution in [0.3, 0.4) is 0 Å². The number of rotatable bonds is 5. The number of nitro benzene ring substituents is 2. The molecule has 0 aromatic heterocycles. The summed E-state index contributed by atoms with van der Waals surface area (Å²) in [5, 5.41) is 21.3. The number of nitrogens with zero attached hydrogens (tertiary/aromatic N) is 3. The van der Waals surface area contributed by atoms with Crippen LogP contribution in [0.15, 0.2) is 23.2 Å². The van der Waals surface area contributed by atoms with Gasteiger partial charge in [-0.05, 0) is 13.8 Å². The molecular weight excluding hydrogens is 254 g/mol. The fourth-order valence-corrected chi connectivity index (χ4v) is 1.29. The van der Waals surface area contributed by atoms with E-state index >= 15 is 0 Å². The Balaban J connectivity index is 3.19. The highest BCUT2D eigenvalue weighted by Gasteiger charge is 2.19. The lowest BCUT2D eigenvalue weighted by Crippen LogP contribution is -2.06. The number of aliphatic imine (C=N–C) groups is 1. The molecule has 0 saturated heterocycles. The third-order valence-electron chi connectivity index (χ3n) is 2.19. The maximum absolute atomic E-state index is 11.7. The van der Waals surface area contributed by atoms with Crippen LogP contribution in [-0.2, 0) is 0 Å². The van der Waals surface area contributed by atoms with Crippen LogP contribution < -0.4 is 0 Å². The molecule has 0 radical (unpaired) electrons. The highest BCUT2D eigenvalue weighted by atomic mass is 16.6. The van der Waals surface area contributed by atoms with Crippen LogP contribution in [-0.4, -0.2) is 27.9 Å². The Morgan fingerprint density at radius 2 is 1.58 bits per heavy atom. The highest BCUT2D eigenvalue weighted by Crippen LogP contribution is 2.23. The van der Waals surface area contributed by atoms with Crippen LogP contribution in [0.1, 0.15) is 24.2 Å². The molecule has 0 spiro atoms. The van der Waals surface area contributed by atoms with E-state index in [1.54, 1.807) is 13.8 Å². The Labute approximate surface area is 108 Å². The Kier molecular flexibility index (Phi) is 4.41. The van der Waals surface area contributed by atoms with E-state index in [-0.39, 0.29) is 12.1 Å². The zero-order valence-electron chi connectivity index (χ0n) is 10.3. The van der Waals surface area contributed by atoms with E-state index in [0.29, 0.717) is 5.71 Å². The maximum Gasteiger partial charge on any atom is 0.277 e. The minimum Gasteiger partial charge on any atom is -0.292 e. The van der Waals surface area contributed by atoms with Crippen molar-refractivity contribution in [2.45, 2.75) is 13.8 Å². The molecule has 0 aliphatic rings. The van der Waals surface area contributed by atoms with E-state index in [1.807, 2.05) is 0 Å². The quantitative estimate of drug-likeness (QED) is 0.350. The van der Waals surface area contributed by atoms with Crippen molar-refractivity contribution in [1.29, 1.82) is 0 Å². The summed E-state index contributed by atoms with van der Waals surface area (Å²) in [7, 11) is 0. The fourth-order valence-electron chi connectivity index (χ4n) is 1.29. The van der Waals surface area contributed by atoms with Crippen molar-refractivity contribution in [2.24, 2.45) is 4.99 Å². The Bertz CT molecular complexity index is 543. The molecule has 100 valence electrons. The molecule has 19 heavy (non-hydrogen) atoms. The largest absolute Gasteiger partial charge is 0.292 e. The van der Waals surface area contributed by atoms with Crippen LogP contribution in [0.4, 0.5) is 11.4 Å². The molecule has 0 aliphatic heterocycles. The van der Waals surface area contributed by atoms with E-state index in [1.165, 1.54) is 0 Å². The molecular formula is C11H11N3O5. The average molecular weight is 265 g/mol. The second-order valence-corrected chi connectivity index (χ2v) is 3.94. The Morgan fingerprint density at radius 3 is 1.95 bits per heavy atom. The van der Waals surface area contributed by atoms with Gasteiger partial charge in [-0.25, -0.2) is 0 Å². The topological polar surface area (TPSA) is 116 Å². The lowest BCUT2D eigenvalue weighted by atomic mass is 10.1. The van der Waals surface area contributed by atoms with Crippen molar-refractivity contribution < 1.29 is 14.6 Å². The van der Waals surface area contributed by atoms with Gasteiger partial charge in [-0.3, -0.25) is 30.0 Å². The van der Waals surface area contributed by atoms with Crippen molar-refractivity contribution in [3.63, 3.8) is 0 Å². The summed E-state index contributed by atoms with van der Waals surface area (Å²) in [6, 6.07) is 2.83. The minimum atomic E-state index is -0.780. The summed E-state index contributed by atoms with van der Waals surface area (Å²) in [5.41, 5.74) is -0.399. The molecule has 0 atom stereocenters. The van der Waals surface area contributed by atoms with Crippen molar-refractivity contribution in [3.8, 4) is 0 Å². The molecule has 0 unspecified atom stereocenters. The standard InChI is InChI=1S/C11H11N3O5/c1-7(2)12-6-11(15)8-3-9(13(16)17)5-10(4-8)14(18)19/h3-5H,6H2,1-2H3. The number of hydrogen-bond acceptors (Lipinski definition) is 6. The van der Waals surface area contributed by atoms with Crippen LogP contribution in [0.2, 0.25) is 0 Å². The lowest BCUT2D eigenvalue weighted by molar-refractivity contribution is -0.394. The second-order valence-electron chi connectivity index (χ2n) is 3.94. The lowest BCUT2D eigenvalue weighted by Gasteiger charge is -2.00. The normalized spacial score (nSPS) is 9.79. The number of nitro groups is 2. The smallest absolute Gasteiger partial charge is 0.277 e. The minimum absolute atomic E-state index is 0.0918. The van der Waals surface area contributed by atoms with Crippen molar-refractivity contribution in [3.05, 3.63) is 44.0 Å². The van der Waals surface area contributed by atoms with Crippen LogP contribution in [0.5, 0.6) is 0 Å². The maximum atomic E-state index is 11.7. The first-order valence-electron chi connectivity index (χ1n) is 5.26. The van der Waals surface area contributed by atoms with Gasteiger partial charge in [0.1, 0.15) is 6.54 Å². The number of Topliss-reactive ketones (excluding diaryl/α,β-unsaturated/α-hetero) is 1. The van der Waals surface area contributed by atoms with Gasteiger partial charge >= 0.3 is 0 Å². The molecule has 1 aromatic rings. The average Bonchev–Trinajstić information content (AvgIpc) is 2.35. The van der Waals surface area contributed by atoms with Crippen LogP contribution >= 0.6 is 0 Å². The predicted molar refractivity (Wildman–Crippen MR) is 67.7 cm³/mol. The SMILES string of the molecule is CC(C)=NCC(=O)c1cc([N+](=O)[O-])cc([N+](=O)[O-])c1. The molecule has 1 rings (SSSR count). The molecule has 8 heteroatoms. The first-order chi connectivity index (χ1) is 8.81. The van der Waals surface area contributed by atoms with Gasteiger partial charge in [0.25, 0.3) is 11.4 Å². The van der Waals surface area contributed by atoms with E-state index in [9.17, 15) is 25.0 Å². The number of ketones is 1. The molecule has 1 aromatic carbocycles. The number of carbonyl (C=O) groups is 1. The summed E-state index contributed by atoms with van der Waals surface area (Å²) in [6.07, 6.45) is 0. The number of non-ortho nitro benzene ring substituents is 2. The summed E-state index contributed by atoms with van der Waals surface area (Å²) in [6.45, 7) is 3.20. The molecule has 0 amide bonds. The van der Waals surface area contributed by atoms with E-state index < -0.39 is 27.0 Å². The van der Waals surface area contributed by atoms with E-state index in [4.69, 9.17) is 0 Å². The fraction of sp³-hybridized carbons (Fsp3) is 0.273. The van der Waals surface area contributed by atoms with E-state index in [2.05, 4.69) is 4.99 Å². The highest BCUT2D eigenvalue weighted by molar-refractivity contribution is 6.00. The first kappa shape index (κ1) is 14.4. The summed E-state index contributed by atoms with van der Waals surface area (Å²) < 4.78 is 0. The Hall–Kier alpha value is -2.64. The first-order valence-corrected chi connectivity index (χ1v) is 5.26. The number of hydrogen-bond donors (Lipinski definition) is 0. The van der Waals surface area contributed by atoms with Gasteiger partial charge in [0, 0.05) is 23.4 Å².